The molecule has 16 heavy (non-hydrogen) atoms. The Morgan fingerprint density at radius 3 is 2.69 bits per heavy atom. The Morgan fingerprint density at radius 2 is 2.12 bits per heavy atom. The van der Waals surface area contributed by atoms with E-state index in [2.05, 4.69) is 5.10 Å². The van der Waals surface area contributed by atoms with Crippen molar-refractivity contribution in [2.24, 2.45) is 7.05 Å². The highest BCUT2D eigenvalue weighted by atomic mass is 16.6. The van der Waals surface area contributed by atoms with Crippen LogP contribution >= 0.6 is 0 Å². The molecular weight excluding hydrogens is 208 g/mol. The van der Waals surface area contributed by atoms with Crippen LogP contribution < -0.4 is 4.90 Å². The van der Waals surface area contributed by atoms with Crippen LogP contribution in [0.3, 0.4) is 0 Å². The highest BCUT2D eigenvalue weighted by Crippen LogP contribution is 2.28. The van der Waals surface area contributed by atoms with Crippen molar-refractivity contribution in [1.29, 1.82) is 0 Å². The fraction of sp³-hybridized carbons (Fsp3) is 0.300. The summed E-state index contributed by atoms with van der Waals surface area (Å²) in [7, 11) is 5.59. The second kappa shape index (κ2) is 3.48. The molecule has 0 N–H and O–H groups in total. The van der Waals surface area contributed by atoms with Gasteiger partial charge < -0.3 is 4.90 Å². The maximum Gasteiger partial charge on any atom is 0.270 e. The van der Waals surface area contributed by atoms with Gasteiger partial charge in [0.15, 0.2) is 0 Å². The molecule has 2 aromatic rings. The summed E-state index contributed by atoms with van der Waals surface area (Å²) in [5.41, 5.74) is 0.848. The number of non-ortho nitro benzene ring substituents is 1. The molecule has 0 aliphatic rings. The van der Waals surface area contributed by atoms with Crippen LogP contribution in [0.25, 0.3) is 10.9 Å². The average Bonchev–Trinajstić information content (AvgIpc) is 2.51. The van der Waals surface area contributed by atoms with Crippen LogP contribution in [0.4, 0.5) is 11.5 Å². The lowest BCUT2D eigenvalue weighted by Crippen LogP contribution is -2.13. The van der Waals surface area contributed by atoms with Crippen molar-refractivity contribution in [3.8, 4) is 0 Å². The number of nitrogens with zero attached hydrogens (tertiary/aromatic N) is 4. The van der Waals surface area contributed by atoms with Gasteiger partial charge in [-0.1, -0.05) is 0 Å². The van der Waals surface area contributed by atoms with Crippen LogP contribution in [0.15, 0.2) is 18.2 Å². The maximum atomic E-state index is 10.7. The Bertz CT molecular complexity index is 559. The zero-order valence-corrected chi connectivity index (χ0v) is 9.34. The fourth-order valence-electron chi connectivity index (χ4n) is 1.82. The first-order valence-electron chi connectivity index (χ1n) is 4.79. The summed E-state index contributed by atoms with van der Waals surface area (Å²) in [6.45, 7) is 0. The lowest BCUT2D eigenvalue weighted by molar-refractivity contribution is -0.384. The van der Waals surface area contributed by atoms with Gasteiger partial charge >= 0.3 is 0 Å². The number of anilines is 1. The van der Waals surface area contributed by atoms with Gasteiger partial charge in [-0.2, -0.15) is 5.10 Å². The predicted octanol–water partition coefficient (Wildman–Crippen LogP) is 1.55. The second-order valence-corrected chi connectivity index (χ2v) is 3.80. The summed E-state index contributed by atoms with van der Waals surface area (Å²) in [6.07, 6.45) is 0. The van der Waals surface area contributed by atoms with E-state index in [1.54, 1.807) is 16.8 Å². The van der Waals surface area contributed by atoms with E-state index >= 15 is 0 Å². The van der Waals surface area contributed by atoms with Crippen LogP contribution in [-0.4, -0.2) is 28.8 Å². The third kappa shape index (κ3) is 1.48. The van der Waals surface area contributed by atoms with E-state index in [1.807, 2.05) is 26.0 Å². The van der Waals surface area contributed by atoms with Crippen LogP contribution in [0.5, 0.6) is 0 Å². The van der Waals surface area contributed by atoms with E-state index in [0.717, 1.165) is 16.7 Å². The zero-order chi connectivity index (χ0) is 11.9. The molecule has 2 rings (SSSR count). The van der Waals surface area contributed by atoms with Crippen LogP contribution in [0.2, 0.25) is 0 Å². The molecule has 0 amide bonds. The molecule has 6 nitrogen and oxygen atoms in total. The molecule has 0 spiro atoms. The van der Waals surface area contributed by atoms with Crippen molar-refractivity contribution in [3.05, 3.63) is 28.3 Å². The third-order valence-electron chi connectivity index (χ3n) is 2.42. The first-order valence-corrected chi connectivity index (χ1v) is 4.79. The van der Waals surface area contributed by atoms with Gasteiger partial charge in [0.2, 0.25) is 0 Å². The van der Waals surface area contributed by atoms with E-state index in [9.17, 15) is 10.1 Å². The topological polar surface area (TPSA) is 64.2 Å². The first kappa shape index (κ1) is 10.4. The number of aryl methyl sites for hydroxylation is 1. The van der Waals surface area contributed by atoms with Gasteiger partial charge in [0.25, 0.3) is 5.69 Å². The van der Waals surface area contributed by atoms with Crippen molar-refractivity contribution >= 4 is 22.4 Å². The van der Waals surface area contributed by atoms with E-state index in [4.69, 9.17) is 0 Å². The van der Waals surface area contributed by atoms with E-state index in [-0.39, 0.29) is 5.69 Å². The molecule has 1 heterocycles. The Kier molecular flexibility index (Phi) is 2.26. The SMILES string of the molecule is CN(C)c1c2cc([N+](=O)[O-])ccc2nn1C. The molecule has 0 aliphatic carbocycles. The minimum absolute atomic E-state index is 0.0867. The molecule has 0 bridgehead atoms. The fourth-order valence-corrected chi connectivity index (χ4v) is 1.82. The second-order valence-electron chi connectivity index (χ2n) is 3.80. The highest BCUT2D eigenvalue weighted by molar-refractivity contribution is 5.92. The van der Waals surface area contributed by atoms with E-state index < -0.39 is 4.92 Å². The van der Waals surface area contributed by atoms with E-state index in [1.165, 1.54) is 6.07 Å². The number of nitro benzene ring substituents is 1. The van der Waals surface area contributed by atoms with Crippen molar-refractivity contribution in [1.82, 2.24) is 9.78 Å². The maximum absolute atomic E-state index is 10.7. The summed E-state index contributed by atoms with van der Waals surface area (Å²) < 4.78 is 1.72. The first-order chi connectivity index (χ1) is 7.50. The molecular formula is C10H12N4O2. The monoisotopic (exact) mass is 220 g/mol. The Labute approximate surface area is 92.2 Å². The van der Waals surface area contributed by atoms with Gasteiger partial charge in [-0.05, 0) is 6.07 Å². The molecule has 0 fully saturated rings. The zero-order valence-electron chi connectivity index (χ0n) is 9.34. The van der Waals surface area contributed by atoms with Gasteiger partial charge in [0.1, 0.15) is 5.82 Å². The van der Waals surface area contributed by atoms with Gasteiger partial charge in [0, 0.05) is 33.3 Å². The van der Waals surface area contributed by atoms with Crippen molar-refractivity contribution in [3.63, 3.8) is 0 Å². The van der Waals surface area contributed by atoms with Crippen LogP contribution in [-0.2, 0) is 7.05 Å². The highest BCUT2D eigenvalue weighted by Gasteiger charge is 2.14. The number of nitro groups is 1. The largest absolute Gasteiger partial charge is 0.362 e. The van der Waals surface area contributed by atoms with Crippen molar-refractivity contribution in [2.75, 3.05) is 19.0 Å². The number of aromatic nitrogens is 2. The quantitative estimate of drug-likeness (QED) is 0.569. The van der Waals surface area contributed by atoms with Crippen LogP contribution in [0, 0.1) is 10.1 Å². The van der Waals surface area contributed by atoms with Crippen molar-refractivity contribution < 1.29 is 4.92 Å². The molecule has 0 aliphatic heterocycles. The lowest BCUT2D eigenvalue weighted by atomic mass is 10.2. The standard InChI is InChI=1S/C10H12N4O2/c1-12(2)10-8-6-7(14(15)16)4-5-9(8)11-13(10)3/h4-6H,1-3H3. The summed E-state index contributed by atoms with van der Waals surface area (Å²) in [4.78, 5) is 12.2. The number of rotatable bonds is 2. The molecule has 84 valence electrons. The number of fused-ring (bicyclic) bond motifs is 1. The number of hydrogen-bond donors (Lipinski definition) is 0. The Morgan fingerprint density at radius 1 is 1.44 bits per heavy atom. The number of benzene rings is 1. The molecule has 0 saturated heterocycles. The summed E-state index contributed by atoms with van der Waals surface area (Å²) in [5.74, 6) is 0.860. The summed E-state index contributed by atoms with van der Waals surface area (Å²) >= 11 is 0. The minimum atomic E-state index is -0.397. The summed E-state index contributed by atoms with van der Waals surface area (Å²) in [6, 6.07) is 4.69. The third-order valence-corrected chi connectivity index (χ3v) is 2.42. The molecule has 6 heteroatoms. The van der Waals surface area contributed by atoms with Gasteiger partial charge in [-0.25, -0.2) is 0 Å². The molecule has 0 atom stereocenters. The molecule has 0 unspecified atom stereocenters. The van der Waals surface area contributed by atoms with Crippen molar-refractivity contribution in [2.45, 2.75) is 0 Å². The predicted molar refractivity (Wildman–Crippen MR) is 61.7 cm³/mol. The minimum Gasteiger partial charge on any atom is -0.362 e. The molecule has 0 radical (unpaired) electrons. The van der Waals surface area contributed by atoms with Gasteiger partial charge in [-0.3, -0.25) is 14.8 Å². The van der Waals surface area contributed by atoms with E-state index in [0.29, 0.717) is 0 Å². The summed E-state index contributed by atoms with van der Waals surface area (Å²) in [5, 5.41) is 15.8. The normalized spacial score (nSPS) is 10.7. The lowest BCUT2D eigenvalue weighted by Gasteiger charge is -2.12. The molecule has 1 aromatic carbocycles. The smallest absolute Gasteiger partial charge is 0.270 e. The van der Waals surface area contributed by atoms with Gasteiger partial charge in [-0.15, -0.1) is 0 Å². The average molecular weight is 220 g/mol. The van der Waals surface area contributed by atoms with Gasteiger partial charge in [0.05, 0.1) is 15.8 Å². The molecule has 0 saturated carbocycles. The van der Waals surface area contributed by atoms with Crippen LogP contribution in [0.1, 0.15) is 0 Å². The Hall–Kier alpha value is -2.11. The molecule has 1 aromatic heterocycles. The number of hydrogen-bond acceptors (Lipinski definition) is 4. The Balaban J connectivity index is 2.74.